The quantitative estimate of drug-likeness (QED) is 0.422. The lowest BCUT2D eigenvalue weighted by atomic mass is 9.78. The van der Waals surface area contributed by atoms with Crippen molar-refractivity contribution >= 4 is 17.6 Å². The maximum Gasteiger partial charge on any atom is 0.316 e. The molecule has 0 spiro atoms. The predicted molar refractivity (Wildman–Crippen MR) is 122 cm³/mol. The molecular formula is C27H27NO3. The molecule has 0 aliphatic carbocycles. The zero-order valence-corrected chi connectivity index (χ0v) is 18.2. The van der Waals surface area contributed by atoms with Gasteiger partial charge in [-0.1, -0.05) is 74.5 Å². The number of amides is 1. The molecule has 0 radical (unpaired) electrons. The normalized spacial score (nSPS) is 16.4. The predicted octanol–water partition coefficient (Wildman–Crippen LogP) is 5.28. The summed E-state index contributed by atoms with van der Waals surface area (Å²) in [5.74, 6) is -0.373. The second-order valence-corrected chi connectivity index (χ2v) is 8.63. The van der Waals surface area contributed by atoms with Crippen molar-refractivity contribution in [3.05, 3.63) is 95.6 Å². The first-order valence-corrected chi connectivity index (χ1v) is 10.6. The Balaban J connectivity index is 1.44. The van der Waals surface area contributed by atoms with E-state index in [1.165, 1.54) is 5.56 Å². The molecular weight excluding hydrogens is 386 g/mol. The molecule has 31 heavy (non-hydrogen) atoms. The molecule has 0 bridgehead atoms. The summed E-state index contributed by atoms with van der Waals surface area (Å²) in [5, 5.41) is 0. The van der Waals surface area contributed by atoms with Gasteiger partial charge in [0.25, 0.3) is 0 Å². The van der Waals surface area contributed by atoms with E-state index in [1.54, 1.807) is 4.90 Å². The smallest absolute Gasteiger partial charge is 0.316 e. The summed E-state index contributed by atoms with van der Waals surface area (Å²) in [6.45, 7) is 6.66. The number of benzene rings is 3. The van der Waals surface area contributed by atoms with E-state index in [2.05, 4.69) is 26.0 Å². The molecule has 3 aromatic rings. The number of anilines is 1. The minimum absolute atomic E-state index is 0.0452. The second-order valence-electron chi connectivity index (χ2n) is 8.63. The number of nitrogens with zero attached hydrogens (tertiary/aromatic N) is 1. The zero-order chi connectivity index (χ0) is 22.0. The number of hydrogen-bond acceptors (Lipinski definition) is 3. The molecule has 4 rings (SSSR count). The Morgan fingerprint density at radius 2 is 1.52 bits per heavy atom. The van der Waals surface area contributed by atoms with Gasteiger partial charge in [0, 0.05) is 24.1 Å². The Kier molecular flexibility index (Phi) is 5.64. The fourth-order valence-electron chi connectivity index (χ4n) is 4.13. The fourth-order valence-corrected chi connectivity index (χ4v) is 4.13. The van der Waals surface area contributed by atoms with Crippen LogP contribution >= 0.6 is 0 Å². The van der Waals surface area contributed by atoms with E-state index in [0.717, 1.165) is 16.8 Å². The van der Waals surface area contributed by atoms with Gasteiger partial charge >= 0.3 is 5.97 Å². The monoisotopic (exact) mass is 413 g/mol. The molecule has 1 aliphatic heterocycles. The first kappa shape index (κ1) is 20.9. The van der Waals surface area contributed by atoms with Crippen molar-refractivity contribution < 1.29 is 14.3 Å². The molecule has 0 aromatic heterocycles. The van der Waals surface area contributed by atoms with Gasteiger partial charge in [0.05, 0.1) is 5.92 Å². The molecule has 1 atom stereocenters. The summed E-state index contributed by atoms with van der Waals surface area (Å²) in [5.41, 5.74) is 4.08. The Labute approximate surface area is 183 Å². The number of carbonyl (C=O) groups is 2. The van der Waals surface area contributed by atoms with Gasteiger partial charge in [0.15, 0.2) is 0 Å². The van der Waals surface area contributed by atoms with Crippen LogP contribution < -0.4 is 9.64 Å². The molecule has 0 unspecified atom stereocenters. The van der Waals surface area contributed by atoms with E-state index in [0.29, 0.717) is 12.3 Å². The van der Waals surface area contributed by atoms with Gasteiger partial charge in [0.1, 0.15) is 5.75 Å². The van der Waals surface area contributed by atoms with E-state index in [1.807, 2.05) is 73.7 Å². The number of esters is 1. The second kappa shape index (κ2) is 8.38. The van der Waals surface area contributed by atoms with Crippen molar-refractivity contribution in [3.63, 3.8) is 0 Å². The summed E-state index contributed by atoms with van der Waals surface area (Å²) < 4.78 is 5.62. The Bertz CT molecular complexity index is 1090. The van der Waals surface area contributed by atoms with Gasteiger partial charge in [0.2, 0.25) is 5.91 Å². The van der Waals surface area contributed by atoms with Crippen LogP contribution in [0.5, 0.6) is 5.75 Å². The standard InChI is InChI=1S/C27H27NO3/c1-19-9-7-8-12-24(19)28-18-20(17-25(28)29)26(30)31-23-15-13-22(14-16-23)27(2,3)21-10-5-4-6-11-21/h4-16,20H,17-18H2,1-3H3/t20-/m1/s1. The third kappa shape index (κ3) is 4.24. The van der Waals surface area contributed by atoms with Gasteiger partial charge in [-0.05, 0) is 41.8 Å². The highest BCUT2D eigenvalue weighted by atomic mass is 16.5. The number of ether oxygens (including phenoxy) is 1. The number of rotatable bonds is 5. The van der Waals surface area contributed by atoms with Crippen LogP contribution in [0.25, 0.3) is 0 Å². The van der Waals surface area contributed by atoms with E-state index >= 15 is 0 Å². The lowest BCUT2D eigenvalue weighted by Crippen LogP contribution is -2.27. The van der Waals surface area contributed by atoms with Crippen LogP contribution in [0, 0.1) is 12.8 Å². The molecule has 1 heterocycles. The molecule has 4 nitrogen and oxygen atoms in total. The highest BCUT2D eigenvalue weighted by molar-refractivity contribution is 6.00. The topological polar surface area (TPSA) is 46.6 Å². The highest BCUT2D eigenvalue weighted by Gasteiger charge is 2.37. The van der Waals surface area contributed by atoms with Crippen molar-refractivity contribution in [2.45, 2.75) is 32.6 Å². The third-order valence-corrected chi connectivity index (χ3v) is 6.15. The summed E-state index contributed by atoms with van der Waals surface area (Å²) in [6, 6.07) is 25.7. The zero-order valence-electron chi connectivity index (χ0n) is 18.2. The van der Waals surface area contributed by atoms with Crippen molar-refractivity contribution in [1.29, 1.82) is 0 Å². The molecule has 1 aliphatic rings. The van der Waals surface area contributed by atoms with Crippen molar-refractivity contribution in [1.82, 2.24) is 0 Å². The van der Waals surface area contributed by atoms with E-state index in [9.17, 15) is 9.59 Å². The van der Waals surface area contributed by atoms with Crippen LogP contribution in [-0.2, 0) is 15.0 Å². The van der Waals surface area contributed by atoms with Crippen LogP contribution in [0.3, 0.4) is 0 Å². The van der Waals surface area contributed by atoms with Crippen LogP contribution in [-0.4, -0.2) is 18.4 Å². The number of carbonyl (C=O) groups excluding carboxylic acids is 2. The van der Waals surface area contributed by atoms with Gasteiger partial charge in [-0.15, -0.1) is 0 Å². The Hall–Kier alpha value is -3.40. The summed E-state index contributed by atoms with van der Waals surface area (Å²) in [6.07, 6.45) is 0.173. The first-order chi connectivity index (χ1) is 14.9. The third-order valence-electron chi connectivity index (χ3n) is 6.15. The molecule has 0 saturated carbocycles. The van der Waals surface area contributed by atoms with Gasteiger partial charge in [-0.2, -0.15) is 0 Å². The average Bonchev–Trinajstić information content (AvgIpc) is 3.17. The Morgan fingerprint density at radius 3 is 2.19 bits per heavy atom. The summed E-state index contributed by atoms with van der Waals surface area (Å²) in [7, 11) is 0. The molecule has 1 amide bonds. The maximum atomic E-state index is 12.7. The van der Waals surface area contributed by atoms with Gasteiger partial charge in [-0.25, -0.2) is 0 Å². The van der Waals surface area contributed by atoms with Crippen molar-refractivity contribution in [2.24, 2.45) is 5.92 Å². The fraction of sp³-hybridized carbons (Fsp3) is 0.259. The first-order valence-electron chi connectivity index (χ1n) is 10.6. The van der Waals surface area contributed by atoms with E-state index in [4.69, 9.17) is 4.74 Å². The maximum absolute atomic E-state index is 12.7. The average molecular weight is 414 g/mol. The SMILES string of the molecule is Cc1ccccc1N1C[C@H](C(=O)Oc2ccc(C(C)(C)c3ccccc3)cc2)CC1=O. The summed E-state index contributed by atoms with van der Waals surface area (Å²) in [4.78, 5) is 26.9. The molecule has 158 valence electrons. The van der Waals surface area contributed by atoms with Crippen LogP contribution in [0.1, 0.15) is 37.0 Å². The van der Waals surface area contributed by atoms with Crippen molar-refractivity contribution in [2.75, 3.05) is 11.4 Å². The van der Waals surface area contributed by atoms with Gasteiger partial charge < -0.3 is 9.64 Å². The molecule has 1 saturated heterocycles. The van der Waals surface area contributed by atoms with E-state index < -0.39 is 5.92 Å². The Morgan fingerprint density at radius 1 is 0.903 bits per heavy atom. The van der Waals surface area contributed by atoms with Crippen LogP contribution in [0.4, 0.5) is 5.69 Å². The van der Waals surface area contributed by atoms with Crippen LogP contribution in [0.15, 0.2) is 78.9 Å². The molecule has 3 aromatic carbocycles. The molecule has 4 heteroatoms. The van der Waals surface area contributed by atoms with Crippen molar-refractivity contribution in [3.8, 4) is 5.75 Å². The lowest BCUT2D eigenvalue weighted by molar-refractivity contribution is -0.139. The molecule has 0 N–H and O–H groups in total. The minimum atomic E-state index is -0.465. The number of hydrogen-bond donors (Lipinski definition) is 0. The molecule has 1 fully saturated rings. The number of para-hydroxylation sites is 1. The largest absolute Gasteiger partial charge is 0.426 e. The van der Waals surface area contributed by atoms with E-state index in [-0.39, 0.29) is 23.7 Å². The van der Waals surface area contributed by atoms with Gasteiger partial charge in [-0.3, -0.25) is 9.59 Å². The van der Waals surface area contributed by atoms with Crippen LogP contribution in [0.2, 0.25) is 0 Å². The summed E-state index contributed by atoms with van der Waals surface area (Å²) >= 11 is 0. The lowest BCUT2D eigenvalue weighted by Gasteiger charge is -2.26. The number of aryl methyl sites for hydroxylation is 1. The minimum Gasteiger partial charge on any atom is -0.426 e. The highest BCUT2D eigenvalue weighted by Crippen LogP contribution is 2.33.